The zero-order valence-corrected chi connectivity index (χ0v) is 14.1. The summed E-state index contributed by atoms with van der Waals surface area (Å²) in [5.74, 6) is -0.337. The van der Waals surface area contributed by atoms with Crippen molar-refractivity contribution in [3.8, 4) is 0 Å². The molecule has 0 saturated heterocycles. The summed E-state index contributed by atoms with van der Waals surface area (Å²) < 4.78 is 6.69. The number of benzene rings is 1. The topological polar surface area (TPSA) is 70.1 Å². The van der Waals surface area contributed by atoms with Gasteiger partial charge in [0.15, 0.2) is 0 Å². The molecule has 5 nitrogen and oxygen atoms in total. The Morgan fingerprint density at radius 3 is 2.77 bits per heavy atom. The Morgan fingerprint density at radius 2 is 2.14 bits per heavy atom. The van der Waals surface area contributed by atoms with Crippen molar-refractivity contribution in [2.24, 2.45) is 12.8 Å². The summed E-state index contributed by atoms with van der Waals surface area (Å²) in [6.45, 7) is 3.96. The number of hydrogen-bond donors (Lipinski definition) is 1. The highest BCUT2D eigenvalue weighted by atomic mass is 32.2. The Hall–Kier alpha value is -1.79. The Balaban J connectivity index is 2.42. The zero-order chi connectivity index (χ0) is 16.3. The molecule has 0 radical (unpaired) electrons. The average molecular weight is 319 g/mol. The van der Waals surface area contributed by atoms with Gasteiger partial charge < -0.3 is 10.5 Å². The van der Waals surface area contributed by atoms with Crippen molar-refractivity contribution >= 4 is 17.7 Å². The van der Waals surface area contributed by atoms with E-state index in [-0.39, 0.29) is 12.0 Å². The third-order valence-electron chi connectivity index (χ3n) is 3.31. The first-order valence-electron chi connectivity index (χ1n) is 7.07. The van der Waals surface area contributed by atoms with Crippen molar-refractivity contribution in [3.63, 3.8) is 0 Å². The lowest BCUT2D eigenvalue weighted by Crippen LogP contribution is -2.18. The van der Waals surface area contributed by atoms with Gasteiger partial charge in [-0.05, 0) is 32.4 Å². The molecule has 0 spiro atoms. The fourth-order valence-electron chi connectivity index (χ4n) is 2.30. The lowest BCUT2D eigenvalue weighted by Gasteiger charge is -2.11. The van der Waals surface area contributed by atoms with Gasteiger partial charge in [-0.25, -0.2) is 4.79 Å². The third kappa shape index (κ3) is 3.51. The van der Waals surface area contributed by atoms with Crippen LogP contribution in [0.25, 0.3) is 0 Å². The van der Waals surface area contributed by atoms with E-state index >= 15 is 0 Å². The Labute approximate surface area is 134 Å². The number of hydrogen-bond acceptors (Lipinski definition) is 5. The van der Waals surface area contributed by atoms with Crippen LogP contribution in [0.2, 0.25) is 0 Å². The van der Waals surface area contributed by atoms with E-state index in [0.717, 1.165) is 27.6 Å². The zero-order valence-electron chi connectivity index (χ0n) is 13.3. The molecule has 22 heavy (non-hydrogen) atoms. The molecule has 0 saturated carbocycles. The summed E-state index contributed by atoms with van der Waals surface area (Å²) >= 11 is 1.52. The fourth-order valence-corrected chi connectivity index (χ4v) is 3.45. The van der Waals surface area contributed by atoms with Gasteiger partial charge in [-0.3, -0.25) is 4.68 Å². The lowest BCUT2D eigenvalue weighted by molar-refractivity contribution is 0.0597. The highest BCUT2D eigenvalue weighted by Crippen LogP contribution is 2.34. The second-order valence-corrected chi connectivity index (χ2v) is 6.29. The van der Waals surface area contributed by atoms with Gasteiger partial charge in [-0.15, -0.1) is 0 Å². The SMILES string of the molecule is COC(=O)c1ccccc1Sc1c(CC(C)N)c(C)nn1C. The standard InChI is InChI=1S/C16H21N3O2S/c1-10(17)9-13-11(2)18-19(3)15(13)22-14-8-6-5-7-12(14)16(20)21-4/h5-8,10H,9,17H2,1-4H3. The minimum absolute atomic E-state index is 0.0538. The first kappa shape index (κ1) is 16.6. The molecule has 0 aliphatic rings. The molecular formula is C16H21N3O2S. The van der Waals surface area contributed by atoms with E-state index in [9.17, 15) is 4.79 Å². The van der Waals surface area contributed by atoms with Crippen LogP contribution in [0.1, 0.15) is 28.5 Å². The van der Waals surface area contributed by atoms with Crippen LogP contribution in [0.3, 0.4) is 0 Å². The van der Waals surface area contributed by atoms with Crippen LogP contribution in [0.5, 0.6) is 0 Å². The van der Waals surface area contributed by atoms with Gasteiger partial charge in [-0.1, -0.05) is 23.9 Å². The molecule has 0 fully saturated rings. The van der Waals surface area contributed by atoms with Crippen LogP contribution < -0.4 is 5.73 Å². The monoisotopic (exact) mass is 319 g/mol. The second kappa shape index (κ2) is 6.98. The molecule has 0 amide bonds. The summed E-state index contributed by atoms with van der Waals surface area (Å²) in [5, 5.41) is 5.48. The van der Waals surface area contributed by atoms with E-state index < -0.39 is 0 Å². The van der Waals surface area contributed by atoms with Crippen molar-refractivity contribution < 1.29 is 9.53 Å². The number of nitrogens with two attached hydrogens (primary N) is 1. The van der Waals surface area contributed by atoms with Crippen LogP contribution >= 0.6 is 11.8 Å². The third-order valence-corrected chi connectivity index (χ3v) is 4.59. The largest absolute Gasteiger partial charge is 0.465 e. The average Bonchev–Trinajstić information content (AvgIpc) is 2.73. The van der Waals surface area contributed by atoms with Crippen LogP contribution in [0.4, 0.5) is 0 Å². The molecule has 2 aromatic rings. The van der Waals surface area contributed by atoms with E-state index in [2.05, 4.69) is 5.10 Å². The van der Waals surface area contributed by atoms with Crippen LogP contribution in [0.15, 0.2) is 34.2 Å². The molecule has 1 atom stereocenters. The quantitative estimate of drug-likeness (QED) is 0.858. The number of methoxy groups -OCH3 is 1. The van der Waals surface area contributed by atoms with E-state index in [0.29, 0.717) is 5.56 Å². The van der Waals surface area contributed by atoms with Gasteiger partial charge in [0.1, 0.15) is 5.03 Å². The fraction of sp³-hybridized carbons (Fsp3) is 0.375. The minimum Gasteiger partial charge on any atom is -0.465 e. The van der Waals surface area contributed by atoms with E-state index in [1.807, 2.05) is 43.8 Å². The molecule has 1 unspecified atom stereocenters. The van der Waals surface area contributed by atoms with Crippen molar-refractivity contribution in [3.05, 3.63) is 41.1 Å². The summed E-state index contributed by atoms with van der Waals surface area (Å²) in [5.41, 5.74) is 8.60. The number of rotatable bonds is 5. The smallest absolute Gasteiger partial charge is 0.339 e. The lowest BCUT2D eigenvalue weighted by atomic mass is 10.1. The molecule has 2 N–H and O–H groups in total. The number of carbonyl (C=O) groups excluding carboxylic acids is 1. The van der Waals surface area contributed by atoms with E-state index in [1.54, 1.807) is 6.07 Å². The van der Waals surface area contributed by atoms with Crippen molar-refractivity contribution in [2.75, 3.05) is 7.11 Å². The van der Waals surface area contributed by atoms with Crippen molar-refractivity contribution in [1.29, 1.82) is 0 Å². The van der Waals surface area contributed by atoms with Gasteiger partial charge in [0.05, 0.1) is 18.4 Å². The van der Waals surface area contributed by atoms with Crippen LogP contribution in [0, 0.1) is 6.92 Å². The Bertz CT molecular complexity index is 680. The van der Waals surface area contributed by atoms with E-state index in [1.165, 1.54) is 18.9 Å². The molecule has 2 rings (SSSR count). The molecule has 118 valence electrons. The van der Waals surface area contributed by atoms with Crippen LogP contribution in [-0.4, -0.2) is 28.9 Å². The maximum Gasteiger partial charge on any atom is 0.339 e. The number of ether oxygens (including phenoxy) is 1. The molecule has 0 bridgehead atoms. The number of carbonyl (C=O) groups is 1. The molecular weight excluding hydrogens is 298 g/mol. The highest BCUT2D eigenvalue weighted by Gasteiger charge is 2.19. The molecule has 0 aliphatic heterocycles. The first-order valence-corrected chi connectivity index (χ1v) is 7.89. The van der Waals surface area contributed by atoms with Crippen LogP contribution in [-0.2, 0) is 18.2 Å². The van der Waals surface area contributed by atoms with E-state index in [4.69, 9.17) is 10.5 Å². The molecule has 1 heterocycles. The van der Waals surface area contributed by atoms with Gasteiger partial charge in [0, 0.05) is 23.5 Å². The van der Waals surface area contributed by atoms with Gasteiger partial charge in [-0.2, -0.15) is 5.10 Å². The van der Waals surface area contributed by atoms with Crippen molar-refractivity contribution in [2.45, 2.75) is 36.2 Å². The summed E-state index contributed by atoms with van der Waals surface area (Å²) in [7, 11) is 3.29. The number of nitrogens with zero attached hydrogens (tertiary/aromatic N) is 2. The molecule has 1 aromatic carbocycles. The highest BCUT2D eigenvalue weighted by molar-refractivity contribution is 7.99. The summed E-state index contributed by atoms with van der Waals surface area (Å²) in [6.07, 6.45) is 0.752. The minimum atomic E-state index is -0.337. The van der Waals surface area contributed by atoms with Gasteiger partial charge in [0.2, 0.25) is 0 Å². The molecule has 6 heteroatoms. The van der Waals surface area contributed by atoms with Crippen molar-refractivity contribution in [1.82, 2.24) is 9.78 Å². The number of aromatic nitrogens is 2. The molecule has 0 aliphatic carbocycles. The Morgan fingerprint density at radius 1 is 1.45 bits per heavy atom. The predicted molar refractivity (Wildman–Crippen MR) is 87.2 cm³/mol. The second-order valence-electron chi connectivity index (χ2n) is 5.26. The summed E-state index contributed by atoms with van der Waals surface area (Å²) in [6, 6.07) is 7.46. The normalized spacial score (nSPS) is 12.2. The Kier molecular flexibility index (Phi) is 5.26. The maximum atomic E-state index is 11.9. The number of esters is 1. The molecule has 1 aromatic heterocycles. The first-order chi connectivity index (χ1) is 10.4. The summed E-state index contributed by atoms with van der Waals surface area (Å²) in [4.78, 5) is 12.7. The maximum absolute atomic E-state index is 11.9. The van der Waals surface area contributed by atoms with Gasteiger partial charge >= 0.3 is 5.97 Å². The number of aryl methyl sites for hydroxylation is 2. The predicted octanol–water partition coefficient (Wildman–Crippen LogP) is 2.56. The van der Waals surface area contributed by atoms with Gasteiger partial charge in [0.25, 0.3) is 0 Å².